The summed E-state index contributed by atoms with van der Waals surface area (Å²) >= 11 is 6.93. The Balaban J connectivity index is 2.38. The summed E-state index contributed by atoms with van der Waals surface area (Å²) in [6, 6.07) is 6.76. The molecule has 0 saturated carbocycles. The Morgan fingerprint density at radius 3 is 2.64 bits per heavy atom. The molecule has 0 aliphatic heterocycles. The minimum Gasteiger partial charge on any atom is -0.493 e. The molecule has 2 amide bonds. The quantitative estimate of drug-likeness (QED) is 0.215. The first-order valence-corrected chi connectivity index (χ1v) is 11.3. The molecule has 8 nitrogen and oxygen atoms in total. The monoisotopic (exact) mass is 489 g/mol. The van der Waals surface area contributed by atoms with E-state index in [-0.39, 0.29) is 26.6 Å². The van der Waals surface area contributed by atoms with Gasteiger partial charge < -0.3 is 20.5 Å². The molecule has 2 aromatic rings. The number of halogens is 1. The third-order valence-corrected chi connectivity index (χ3v) is 6.09. The number of hydrogen-bond donors (Lipinski definition) is 2. The molecule has 33 heavy (non-hydrogen) atoms. The smallest absolute Gasteiger partial charge is 0.341 e. The van der Waals surface area contributed by atoms with E-state index in [1.165, 1.54) is 20.1 Å². The second-order valence-electron chi connectivity index (χ2n) is 6.98. The molecule has 10 heteroatoms. The van der Waals surface area contributed by atoms with Gasteiger partial charge in [0.2, 0.25) is 0 Å². The number of nitrogens with one attached hydrogen (secondary N) is 1. The number of ether oxygens (including phenoxy) is 2. The van der Waals surface area contributed by atoms with Crippen LogP contribution in [0.2, 0.25) is 5.02 Å². The zero-order valence-corrected chi connectivity index (χ0v) is 20.1. The molecule has 1 aromatic carbocycles. The molecular formula is C23H24ClN3O5S. The van der Waals surface area contributed by atoms with Gasteiger partial charge in [-0.2, -0.15) is 5.26 Å². The van der Waals surface area contributed by atoms with Crippen molar-refractivity contribution in [1.29, 1.82) is 5.26 Å². The van der Waals surface area contributed by atoms with Crippen LogP contribution in [-0.4, -0.2) is 31.5 Å². The van der Waals surface area contributed by atoms with E-state index in [4.69, 9.17) is 26.8 Å². The molecule has 0 aliphatic rings. The fourth-order valence-corrected chi connectivity index (χ4v) is 4.18. The molecule has 0 aliphatic carbocycles. The van der Waals surface area contributed by atoms with Gasteiger partial charge in [0.05, 0.1) is 24.2 Å². The highest BCUT2D eigenvalue weighted by Crippen LogP contribution is 2.34. The third kappa shape index (κ3) is 6.57. The van der Waals surface area contributed by atoms with Crippen LogP contribution in [0.1, 0.15) is 57.3 Å². The van der Waals surface area contributed by atoms with Gasteiger partial charge in [-0.25, -0.2) is 4.79 Å². The second-order valence-corrected chi connectivity index (χ2v) is 8.43. The van der Waals surface area contributed by atoms with Gasteiger partial charge in [-0.15, -0.1) is 11.3 Å². The Morgan fingerprint density at radius 2 is 2.03 bits per heavy atom. The number of carbonyl (C=O) groups is 3. The van der Waals surface area contributed by atoms with Crippen molar-refractivity contribution in [1.82, 2.24) is 0 Å². The molecule has 0 bridgehead atoms. The number of carbonyl (C=O) groups excluding carboxylic acids is 3. The number of hydrogen-bond acceptors (Lipinski definition) is 7. The molecular weight excluding hydrogens is 466 g/mol. The Hall–Kier alpha value is -3.35. The van der Waals surface area contributed by atoms with Crippen LogP contribution in [0.25, 0.3) is 6.08 Å². The van der Waals surface area contributed by atoms with Gasteiger partial charge in [0.25, 0.3) is 11.8 Å². The van der Waals surface area contributed by atoms with Gasteiger partial charge in [-0.1, -0.05) is 31.4 Å². The Labute approximate surface area is 200 Å². The molecule has 3 N–H and O–H groups in total. The van der Waals surface area contributed by atoms with Crippen molar-refractivity contribution in [3.8, 4) is 11.8 Å². The summed E-state index contributed by atoms with van der Waals surface area (Å²) in [7, 11) is 1.18. The highest BCUT2D eigenvalue weighted by atomic mass is 35.5. The van der Waals surface area contributed by atoms with Crippen molar-refractivity contribution in [3.05, 3.63) is 50.4 Å². The van der Waals surface area contributed by atoms with Gasteiger partial charge in [-0.3, -0.25) is 9.59 Å². The summed E-state index contributed by atoms with van der Waals surface area (Å²) in [6.07, 6.45) is 4.27. The number of methoxy groups -OCH3 is 1. The molecule has 0 fully saturated rings. The number of primary amides is 1. The topological polar surface area (TPSA) is 132 Å². The summed E-state index contributed by atoms with van der Waals surface area (Å²) in [6.45, 7) is 4.09. The maximum Gasteiger partial charge on any atom is 0.341 e. The lowest BCUT2D eigenvalue weighted by Crippen LogP contribution is -2.15. The normalized spacial score (nSPS) is 10.9. The molecule has 0 spiro atoms. The van der Waals surface area contributed by atoms with Crippen LogP contribution < -0.4 is 15.8 Å². The van der Waals surface area contributed by atoms with E-state index in [1.54, 1.807) is 18.2 Å². The fraction of sp³-hybridized carbons (Fsp3) is 0.304. The minimum atomic E-state index is -0.781. The fourth-order valence-electron chi connectivity index (χ4n) is 2.96. The number of nitriles is 1. The van der Waals surface area contributed by atoms with Crippen LogP contribution in [0.5, 0.6) is 5.75 Å². The van der Waals surface area contributed by atoms with Crippen molar-refractivity contribution < 1.29 is 23.9 Å². The predicted octanol–water partition coefficient (Wildman–Crippen LogP) is 4.71. The van der Waals surface area contributed by atoms with Crippen LogP contribution in [0.3, 0.4) is 0 Å². The van der Waals surface area contributed by atoms with Crippen LogP contribution in [-0.2, 0) is 9.53 Å². The van der Waals surface area contributed by atoms with Crippen LogP contribution >= 0.6 is 22.9 Å². The summed E-state index contributed by atoms with van der Waals surface area (Å²) in [5.74, 6) is -1.79. The second kappa shape index (κ2) is 12.0. The molecule has 2 rings (SSSR count). The van der Waals surface area contributed by atoms with E-state index >= 15 is 0 Å². The highest BCUT2D eigenvalue weighted by molar-refractivity contribution is 7.18. The van der Waals surface area contributed by atoms with E-state index in [1.807, 2.05) is 6.07 Å². The van der Waals surface area contributed by atoms with Crippen molar-refractivity contribution in [3.63, 3.8) is 0 Å². The number of nitrogens with two attached hydrogens (primary N) is 1. The van der Waals surface area contributed by atoms with E-state index < -0.39 is 17.8 Å². The zero-order chi connectivity index (χ0) is 24.5. The number of thiophene rings is 1. The molecule has 0 saturated heterocycles. The zero-order valence-electron chi connectivity index (χ0n) is 18.5. The van der Waals surface area contributed by atoms with Gasteiger partial charge in [0.15, 0.2) is 0 Å². The third-order valence-electron chi connectivity index (χ3n) is 4.63. The molecule has 1 heterocycles. The van der Waals surface area contributed by atoms with E-state index in [0.29, 0.717) is 22.9 Å². The highest BCUT2D eigenvalue weighted by Gasteiger charge is 2.26. The number of esters is 1. The maximum atomic E-state index is 12.9. The molecule has 0 unspecified atom stereocenters. The minimum absolute atomic E-state index is 0.00430. The van der Waals surface area contributed by atoms with Crippen molar-refractivity contribution in [2.75, 3.05) is 19.0 Å². The number of amides is 2. The van der Waals surface area contributed by atoms with Gasteiger partial charge >= 0.3 is 5.97 Å². The number of nitrogens with zero attached hydrogens (tertiary/aromatic N) is 1. The molecule has 0 atom stereocenters. The van der Waals surface area contributed by atoms with E-state index in [2.05, 4.69) is 12.2 Å². The summed E-state index contributed by atoms with van der Waals surface area (Å²) in [5, 5.41) is 12.6. The molecule has 1 aromatic heterocycles. The maximum absolute atomic E-state index is 12.9. The number of unbranched alkanes of at least 4 members (excludes halogenated alkanes) is 2. The lowest BCUT2D eigenvalue weighted by Gasteiger charge is -2.10. The lowest BCUT2D eigenvalue weighted by molar-refractivity contribution is -0.112. The number of rotatable bonds is 10. The molecule has 174 valence electrons. The number of anilines is 1. The SMILES string of the molecule is CCCCCOc1ccc(Cl)cc1/C=C(\C#N)C(=O)Nc1sc(C(N)=O)c(C)c1C(=O)OC. The predicted molar refractivity (Wildman–Crippen MR) is 128 cm³/mol. The average Bonchev–Trinajstić information content (AvgIpc) is 3.11. The summed E-state index contributed by atoms with van der Waals surface area (Å²) < 4.78 is 10.5. The number of benzene rings is 1. The Bertz CT molecular complexity index is 1130. The average molecular weight is 490 g/mol. The van der Waals surface area contributed by atoms with Crippen LogP contribution in [0, 0.1) is 18.3 Å². The van der Waals surface area contributed by atoms with Crippen LogP contribution in [0.4, 0.5) is 5.00 Å². The van der Waals surface area contributed by atoms with Crippen molar-refractivity contribution >= 4 is 51.8 Å². The first kappa shape index (κ1) is 25.9. The summed E-state index contributed by atoms with van der Waals surface area (Å²) in [4.78, 5) is 36.9. The van der Waals surface area contributed by atoms with Gasteiger partial charge in [-0.05, 0) is 43.2 Å². The van der Waals surface area contributed by atoms with Crippen molar-refractivity contribution in [2.24, 2.45) is 5.73 Å². The van der Waals surface area contributed by atoms with Gasteiger partial charge in [0, 0.05) is 10.6 Å². The first-order valence-electron chi connectivity index (χ1n) is 10.1. The van der Waals surface area contributed by atoms with Gasteiger partial charge in [0.1, 0.15) is 22.4 Å². The van der Waals surface area contributed by atoms with E-state index in [9.17, 15) is 19.6 Å². The summed E-state index contributed by atoms with van der Waals surface area (Å²) in [5.41, 5.74) is 5.86. The van der Waals surface area contributed by atoms with E-state index in [0.717, 1.165) is 30.6 Å². The standard InChI is InChI=1S/C23H24ClN3O5S/c1-4-5-6-9-32-17-8-7-16(24)11-14(17)10-15(12-25)21(29)27-22-18(23(30)31-3)13(2)19(33-22)20(26)28/h7-8,10-11H,4-6,9H2,1-3H3,(H2,26,28)(H,27,29)/b15-10+. The van der Waals surface area contributed by atoms with Crippen molar-refractivity contribution in [2.45, 2.75) is 33.1 Å². The Morgan fingerprint density at radius 1 is 1.30 bits per heavy atom. The Kier molecular flexibility index (Phi) is 9.45. The lowest BCUT2D eigenvalue weighted by atomic mass is 10.1. The first-order chi connectivity index (χ1) is 15.7. The van der Waals surface area contributed by atoms with Crippen LogP contribution in [0.15, 0.2) is 23.8 Å². The largest absolute Gasteiger partial charge is 0.493 e. The molecule has 0 radical (unpaired) electrons.